The summed E-state index contributed by atoms with van der Waals surface area (Å²) in [6.07, 6.45) is 3.63. The molecule has 2 spiro atoms. The van der Waals surface area contributed by atoms with E-state index in [1.807, 2.05) is 6.07 Å². The van der Waals surface area contributed by atoms with E-state index in [0.29, 0.717) is 43.7 Å². The van der Waals surface area contributed by atoms with Gasteiger partial charge in [0.1, 0.15) is 28.7 Å². The van der Waals surface area contributed by atoms with Gasteiger partial charge in [0.05, 0.1) is 29.8 Å². The quantitative estimate of drug-likeness (QED) is 0.354. The zero-order valence-electron chi connectivity index (χ0n) is 24.8. The Balaban J connectivity index is 1.49. The van der Waals surface area contributed by atoms with Crippen molar-refractivity contribution in [3.63, 3.8) is 0 Å². The fraction of sp³-hybridized carbons (Fsp3) is 0.606. The summed E-state index contributed by atoms with van der Waals surface area (Å²) in [6, 6.07) is 8.35. The van der Waals surface area contributed by atoms with Gasteiger partial charge >= 0.3 is 0 Å². The largest absolute Gasteiger partial charge is 0.394 e. The molecular weight excluding hydrogens is 594 g/mol. The van der Waals surface area contributed by atoms with Crippen LogP contribution in [0.15, 0.2) is 30.3 Å². The molecule has 2 aliphatic carbocycles. The summed E-state index contributed by atoms with van der Waals surface area (Å²) in [6.45, 7) is 4.62. The maximum atomic E-state index is 16.1. The first-order chi connectivity index (χ1) is 20.5. The van der Waals surface area contributed by atoms with E-state index in [1.165, 1.54) is 6.07 Å². The summed E-state index contributed by atoms with van der Waals surface area (Å²) in [5.74, 6) is -2.08. The molecule has 6 rings (SSSR count). The molecule has 7 nitrogen and oxygen atoms in total. The number of aliphatic hydroxyl groups excluding tert-OH is 1. The van der Waals surface area contributed by atoms with E-state index in [2.05, 4.69) is 24.1 Å². The summed E-state index contributed by atoms with van der Waals surface area (Å²) in [5.41, 5.74) is -0.803. The van der Waals surface area contributed by atoms with Crippen molar-refractivity contribution in [1.82, 2.24) is 4.98 Å². The summed E-state index contributed by atoms with van der Waals surface area (Å²) < 4.78 is 27.6. The lowest BCUT2D eigenvalue weighted by Gasteiger charge is -2.50. The standard InChI is InChI=1S/C33H39Cl2FN2O5/c1-31(2)9-11-32(12-10-31)15-20(23(40)13-18-14-24(42-3)25(16-39)43-17-18)27(19-5-4-6-22(34)28(19)36)33(32)21-7-8-26(35)37-29(21)38-30(33)41/h4-8,18,20,24-25,27,39H,9-17H2,1-3H3,(H,37,38,41)/t18-,20+,24+,25-,27+,33-/m1/s1. The molecule has 1 amide bonds. The van der Waals surface area contributed by atoms with Gasteiger partial charge in [-0.1, -0.05) is 55.2 Å². The normalized spacial score (nSPS) is 32.6. The van der Waals surface area contributed by atoms with E-state index < -0.39 is 34.6 Å². The molecule has 1 aromatic carbocycles. The third-order valence-electron chi connectivity index (χ3n) is 11.0. The fourth-order valence-corrected chi connectivity index (χ4v) is 9.10. The molecule has 0 unspecified atom stereocenters. The van der Waals surface area contributed by atoms with Gasteiger partial charge in [0, 0.05) is 30.9 Å². The molecule has 232 valence electrons. The number of rotatable bonds is 6. The van der Waals surface area contributed by atoms with Crippen LogP contribution < -0.4 is 5.32 Å². The second-order valence-electron chi connectivity index (χ2n) is 13.8. The topological polar surface area (TPSA) is 97.8 Å². The Morgan fingerprint density at radius 2 is 1.93 bits per heavy atom. The van der Waals surface area contributed by atoms with Crippen LogP contribution in [0.4, 0.5) is 10.2 Å². The van der Waals surface area contributed by atoms with Crippen LogP contribution >= 0.6 is 23.2 Å². The van der Waals surface area contributed by atoms with Crippen molar-refractivity contribution in [2.45, 2.75) is 82.3 Å². The van der Waals surface area contributed by atoms with E-state index in [9.17, 15) is 14.7 Å². The highest BCUT2D eigenvalue weighted by Gasteiger charge is 2.72. The number of halogens is 3. The van der Waals surface area contributed by atoms with Gasteiger partial charge < -0.3 is 19.9 Å². The molecule has 1 aromatic heterocycles. The number of benzene rings is 1. The number of nitrogens with zero attached hydrogens (tertiary/aromatic N) is 1. The van der Waals surface area contributed by atoms with Gasteiger partial charge in [-0.25, -0.2) is 9.37 Å². The van der Waals surface area contributed by atoms with E-state index in [1.54, 1.807) is 25.3 Å². The first-order valence-electron chi connectivity index (χ1n) is 15.2. The number of anilines is 1. The fourth-order valence-electron chi connectivity index (χ4n) is 8.77. The minimum absolute atomic E-state index is 0.0282. The van der Waals surface area contributed by atoms with Crippen LogP contribution in [0.5, 0.6) is 0 Å². The van der Waals surface area contributed by atoms with Crippen molar-refractivity contribution >= 4 is 40.7 Å². The highest BCUT2D eigenvalue weighted by Crippen LogP contribution is 2.72. The summed E-state index contributed by atoms with van der Waals surface area (Å²) >= 11 is 12.6. The Morgan fingerprint density at radius 1 is 1.19 bits per heavy atom. The Hall–Kier alpha value is -2.10. The van der Waals surface area contributed by atoms with Gasteiger partial charge in [-0.3, -0.25) is 9.59 Å². The molecule has 3 fully saturated rings. The highest BCUT2D eigenvalue weighted by atomic mass is 35.5. The number of ketones is 1. The number of amides is 1. The molecule has 2 N–H and O–H groups in total. The van der Waals surface area contributed by atoms with Gasteiger partial charge in [0.25, 0.3) is 0 Å². The summed E-state index contributed by atoms with van der Waals surface area (Å²) in [5, 5.41) is 12.9. The molecule has 10 heteroatoms. The number of methoxy groups -OCH3 is 1. The molecular formula is C33H39Cl2FN2O5. The number of aromatic nitrogens is 1. The third-order valence-corrected chi connectivity index (χ3v) is 11.5. The summed E-state index contributed by atoms with van der Waals surface area (Å²) in [7, 11) is 1.57. The molecule has 2 saturated carbocycles. The molecule has 4 aliphatic rings. The molecule has 3 heterocycles. The maximum Gasteiger partial charge on any atom is 0.237 e. The van der Waals surface area contributed by atoms with Gasteiger partial charge in [0.15, 0.2) is 0 Å². The minimum atomic E-state index is -1.23. The number of carbonyl (C=O) groups excluding carboxylic acids is 2. The summed E-state index contributed by atoms with van der Waals surface area (Å²) in [4.78, 5) is 33.6. The first-order valence-corrected chi connectivity index (χ1v) is 15.9. The molecule has 0 bridgehead atoms. The second kappa shape index (κ2) is 11.4. The zero-order valence-corrected chi connectivity index (χ0v) is 26.3. The number of aliphatic hydroxyl groups is 1. The van der Waals surface area contributed by atoms with E-state index in [0.717, 1.165) is 12.8 Å². The lowest BCUT2D eigenvalue weighted by Crippen LogP contribution is -2.52. The van der Waals surface area contributed by atoms with Crippen LogP contribution in [0.3, 0.4) is 0 Å². The van der Waals surface area contributed by atoms with Crippen molar-refractivity contribution in [2.24, 2.45) is 22.7 Å². The van der Waals surface area contributed by atoms with E-state index in [4.69, 9.17) is 32.7 Å². The average molecular weight is 634 g/mol. The first kappa shape index (κ1) is 30.9. The van der Waals surface area contributed by atoms with Crippen LogP contribution in [0.25, 0.3) is 0 Å². The Bertz CT molecular complexity index is 1430. The van der Waals surface area contributed by atoms with Crippen LogP contribution in [-0.4, -0.2) is 54.3 Å². The van der Waals surface area contributed by atoms with Gasteiger partial charge in [-0.2, -0.15) is 0 Å². The van der Waals surface area contributed by atoms with Crippen LogP contribution in [-0.2, 0) is 24.5 Å². The number of pyridine rings is 1. The van der Waals surface area contributed by atoms with Gasteiger partial charge in [-0.15, -0.1) is 0 Å². The number of fused-ring (bicyclic) bond motifs is 3. The van der Waals surface area contributed by atoms with Crippen molar-refractivity contribution in [3.05, 3.63) is 57.5 Å². The van der Waals surface area contributed by atoms with Crippen LogP contribution in [0.2, 0.25) is 10.2 Å². The lowest BCUT2D eigenvalue weighted by molar-refractivity contribution is -0.139. The maximum absolute atomic E-state index is 16.1. The monoisotopic (exact) mass is 632 g/mol. The third kappa shape index (κ3) is 4.92. The van der Waals surface area contributed by atoms with Crippen LogP contribution in [0, 0.1) is 28.5 Å². The number of Topliss-reactive ketones (excluding diaryl/α,β-unsaturated/α-hetero) is 1. The Morgan fingerprint density at radius 3 is 2.63 bits per heavy atom. The van der Waals surface area contributed by atoms with E-state index >= 15 is 4.39 Å². The number of ether oxygens (including phenoxy) is 2. The molecule has 2 aromatic rings. The molecule has 1 saturated heterocycles. The highest BCUT2D eigenvalue weighted by molar-refractivity contribution is 6.31. The number of hydrogen-bond donors (Lipinski definition) is 2. The number of carbonyl (C=O) groups is 2. The van der Waals surface area contributed by atoms with Crippen molar-refractivity contribution < 1.29 is 28.6 Å². The smallest absolute Gasteiger partial charge is 0.237 e. The van der Waals surface area contributed by atoms with Crippen molar-refractivity contribution in [2.75, 3.05) is 25.6 Å². The van der Waals surface area contributed by atoms with Gasteiger partial charge in [0.2, 0.25) is 5.91 Å². The van der Waals surface area contributed by atoms with Gasteiger partial charge in [-0.05, 0) is 73.0 Å². The minimum Gasteiger partial charge on any atom is -0.394 e. The average Bonchev–Trinajstić information content (AvgIpc) is 3.44. The zero-order chi connectivity index (χ0) is 30.7. The van der Waals surface area contributed by atoms with Crippen LogP contribution in [0.1, 0.15) is 75.8 Å². The van der Waals surface area contributed by atoms with Crippen molar-refractivity contribution in [1.29, 1.82) is 0 Å². The van der Waals surface area contributed by atoms with E-state index in [-0.39, 0.29) is 57.9 Å². The predicted molar refractivity (Wildman–Crippen MR) is 162 cm³/mol. The number of hydrogen-bond acceptors (Lipinski definition) is 6. The van der Waals surface area contributed by atoms with Crippen molar-refractivity contribution in [3.8, 4) is 0 Å². The molecule has 2 aliphatic heterocycles. The molecule has 6 atom stereocenters. The molecule has 0 radical (unpaired) electrons. The molecule has 43 heavy (non-hydrogen) atoms. The predicted octanol–water partition coefficient (Wildman–Crippen LogP) is 6.48. The Kier molecular flexibility index (Phi) is 8.17. The lowest BCUT2D eigenvalue weighted by atomic mass is 9.51. The Labute approximate surface area is 261 Å². The SMILES string of the molecule is CO[C@H]1C[C@@H](CC(=O)[C@@H]2CC3(CCC(C)(C)CC3)[C@@]3(C(=O)Nc4nc(Cl)ccc43)[C@H]2c2cccc(Cl)c2F)CO[C@@H]1CO. The number of nitrogens with one attached hydrogen (secondary N) is 1. The second-order valence-corrected chi connectivity index (χ2v) is 14.6.